The molecule has 5 unspecified atom stereocenters. The van der Waals surface area contributed by atoms with Crippen molar-refractivity contribution in [3.05, 3.63) is 197 Å². The van der Waals surface area contributed by atoms with Crippen molar-refractivity contribution in [2.24, 2.45) is 22.1 Å². The molecule has 0 heterocycles. The molecular weight excluding hydrogens is 643 g/mol. The highest BCUT2D eigenvalue weighted by Crippen LogP contribution is 2.44. The maximum absolute atomic E-state index is 6.92. The van der Waals surface area contributed by atoms with Crippen LogP contribution in [-0.2, 0) is 0 Å². The van der Waals surface area contributed by atoms with E-state index in [1.165, 1.54) is 38.6 Å². The van der Waals surface area contributed by atoms with Crippen LogP contribution in [0.4, 0.5) is 11.4 Å². The predicted molar refractivity (Wildman–Crippen MR) is 227 cm³/mol. The average Bonchev–Trinajstić information content (AvgIpc) is 3.22. The van der Waals surface area contributed by atoms with Gasteiger partial charge < -0.3 is 11.1 Å². The van der Waals surface area contributed by atoms with E-state index < -0.39 is 0 Å². The number of hydrogen-bond donors (Lipinski definition) is 2. The van der Waals surface area contributed by atoms with Gasteiger partial charge in [0.2, 0.25) is 0 Å². The fraction of sp³-hybridized carbons (Fsp3) is 0.220. The largest absolute Gasteiger partial charge is 0.355 e. The molecule has 4 aromatic rings. The first-order chi connectivity index (χ1) is 26.0. The number of aliphatic imine (C=N–C) groups is 1. The van der Waals surface area contributed by atoms with E-state index in [4.69, 9.17) is 10.7 Å². The molecule has 4 aliphatic rings. The maximum Gasteiger partial charge on any atom is 0.0484 e. The predicted octanol–water partition coefficient (Wildman–Crippen LogP) is 12.4. The van der Waals surface area contributed by atoms with Crippen molar-refractivity contribution in [2.45, 2.75) is 57.4 Å². The summed E-state index contributed by atoms with van der Waals surface area (Å²) in [5, 5.41) is 6.37. The number of nitrogens with zero attached hydrogens (tertiary/aromatic N) is 1. The minimum atomic E-state index is -0.247. The van der Waals surface area contributed by atoms with Crippen molar-refractivity contribution in [2.75, 3.05) is 5.32 Å². The van der Waals surface area contributed by atoms with E-state index in [1.807, 2.05) is 6.21 Å². The second kappa shape index (κ2) is 15.2. The Bertz CT molecular complexity index is 2270. The summed E-state index contributed by atoms with van der Waals surface area (Å²) in [5.74, 6) is 0.971. The Hall–Kier alpha value is -5.51. The van der Waals surface area contributed by atoms with Crippen LogP contribution in [0.15, 0.2) is 180 Å². The molecule has 3 nitrogen and oxygen atoms in total. The minimum Gasteiger partial charge on any atom is -0.355 e. The van der Waals surface area contributed by atoms with Gasteiger partial charge in [-0.05, 0) is 94.5 Å². The molecule has 0 radical (unpaired) electrons. The Morgan fingerprint density at radius 2 is 1.74 bits per heavy atom. The van der Waals surface area contributed by atoms with Gasteiger partial charge in [-0.1, -0.05) is 159 Å². The van der Waals surface area contributed by atoms with Gasteiger partial charge in [-0.3, -0.25) is 4.99 Å². The summed E-state index contributed by atoms with van der Waals surface area (Å²) in [6.45, 7) is 4.59. The maximum atomic E-state index is 6.92. The molecule has 264 valence electrons. The average molecular weight is 692 g/mol. The van der Waals surface area contributed by atoms with Crippen LogP contribution >= 0.6 is 0 Å². The first kappa shape index (κ1) is 34.6. The van der Waals surface area contributed by atoms with Gasteiger partial charge in [-0.15, -0.1) is 0 Å². The van der Waals surface area contributed by atoms with E-state index in [9.17, 15) is 0 Å². The van der Waals surface area contributed by atoms with Crippen LogP contribution in [-0.4, -0.2) is 12.3 Å². The van der Waals surface area contributed by atoms with Gasteiger partial charge in [0.15, 0.2) is 0 Å². The van der Waals surface area contributed by atoms with Gasteiger partial charge in [-0.2, -0.15) is 0 Å². The lowest BCUT2D eigenvalue weighted by molar-refractivity contribution is 0.335. The molecule has 0 aromatic heterocycles. The van der Waals surface area contributed by atoms with Crippen molar-refractivity contribution in [1.29, 1.82) is 0 Å². The molecule has 4 aromatic carbocycles. The van der Waals surface area contributed by atoms with Crippen LogP contribution in [0.5, 0.6) is 0 Å². The van der Waals surface area contributed by atoms with Gasteiger partial charge in [0, 0.05) is 46.6 Å². The molecule has 3 N–H and O–H groups in total. The van der Waals surface area contributed by atoms with Crippen LogP contribution in [0.2, 0.25) is 0 Å². The van der Waals surface area contributed by atoms with Crippen LogP contribution in [0.1, 0.15) is 73.6 Å². The summed E-state index contributed by atoms with van der Waals surface area (Å²) in [5.41, 5.74) is 17.5. The van der Waals surface area contributed by atoms with Crippen molar-refractivity contribution < 1.29 is 0 Å². The van der Waals surface area contributed by atoms with Crippen LogP contribution in [0.3, 0.4) is 0 Å². The van der Waals surface area contributed by atoms with Crippen molar-refractivity contribution in [3.8, 4) is 0 Å². The summed E-state index contributed by atoms with van der Waals surface area (Å²) in [6, 6.07) is 30.9. The number of fused-ring (bicyclic) bond motifs is 1. The molecule has 0 bridgehead atoms. The van der Waals surface area contributed by atoms with E-state index in [0.717, 1.165) is 48.3 Å². The second-order valence-electron chi connectivity index (χ2n) is 15.2. The highest BCUT2D eigenvalue weighted by Gasteiger charge is 2.37. The van der Waals surface area contributed by atoms with E-state index in [-0.39, 0.29) is 17.4 Å². The van der Waals surface area contributed by atoms with Gasteiger partial charge in [-0.25, -0.2) is 0 Å². The zero-order valence-corrected chi connectivity index (χ0v) is 30.8. The van der Waals surface area contributed by atoms with E-state index in [2.05, 4.69) is 183 Å². The Labute approximate surface area is 315 Å². The highest BCUT2D eigenvalue weighted by molar-refractivity contribution is 5.93. The summed E-state index contributed by atoms with van der Waals surface area (Å²) < 4.78 is 0. The fourth-order valence-corrected chi connectivity index (χ4v) is 8.34. The Balaban J connectivity index is 1.06. The number of nitrogens with two attached hydrogens (primary N) is 1. The van der Waals surface area contributed by atoms with Gasteiger partial charge in [0.1, 0.15) is 0 Å². The van der Waals surface area contributed by atoms with Crippen molar-refractivity contribution in [1.82, 2.24) is 0 Å². The highest BCUT2D eigenvalue weighted by atomic mass is 14.9. The summed E-state index contributed by atoms with van der Waals surface area (Å²) >= 11 is 0. The third-order valence-electron chi connectivity index (χ3n) is 11.6. The Morgan fingerprint density at radius 3 is 2.57 bits per heavy atom. The summed E-state index contributed by atoms with van der Waals surface area (Å²) in [4.78, 5) is 5.04. The lowest BCUT2D eigenvalue weighted by Gasteiger charge is -2.38. The van der Waals surface area contributed by atoms with Crippen LogP contribution in [0.25, 0.3) is 16.3 Å². The second-order valence-corrected chi connectivity index (χ2v) is 15.2. The topological polar surface area (TPSA) is 50.4 Å². The molecule has 3 heteroatoms. The van der Waals surface area contributed by atoms with Gasteiger partial charge in [0.05, 0.1) is 0 Å². The van der Waals surface area contributed by atoms with Crippen LogP contribution < -0.4 is 11.1 Å². The molecule has 4 aliphatic carbocycles. The summed E-state index contributed by atoms with van der Waals surface area (Å²) in [6.07, 6.45) is 35.0. The van der Waals surface area contributed by atoms with Gasteiger partial charge in [0.25, 0.3) is 0 Å². The molecular formula is C50H49N3. The standard InChI is InChI=1S/C50H49N3/c1-35-23-26-42(41-20-13-19-40(32-41)37-14-5-3-6-15-37)33-45(35)48-44-21-10-9-16-38(44)27-30-46(48)53-43-28-24-36(25-29-43)34-52-47-22-11-12-31-50(47,2)49(51)39-17-7-4-8-18-39/h3-7,9-14,16-17,19-30,32-35,37,45,49,53H,8,15,18,31,51H2,1-2H3. The third-order valence-corrected chi connectivity index (χ3v) is 11.6. The fourth-order valence-electron chi connectivity index (χ4n) is 8.34. The molecule has 8 rings (SSSR count). The molecule has 0 aliphatic heterocycles. The number of benzene rings is 4. The molecule has 5 atom stereocenters. The number of hydrogen-bond acceptors (Lipinski definition) is 3. The van der Waals surface area contributed by atoms with E-state index in [1.54, 1.807) is 0 Å². The van der Waals surface area contributed by atoms with Crippen LogP contribution in [0, 0.1) is 11.3 Å². The van der Waals surface area contributed by atoms with E-state index in [0.29, 0.717) is 11.8 Å². The smallest absolute Gasteiger partial charge is 0.0484 e. The summed E-state index contributed by atoms with van der Waals surface area (Å²) in [7, 11) is 0. The minimum absolute atomic E-state index is 0.0707. The zero-order chi connectivity index (χ0) is 36.2. The van der Waals surface area contributed by atoms with Gasteiger partial charge >= 0.3 is 0 Å². The van der Waals surface area contributed by atoms with E-state index >= 15 is 0 Å². The molecule has 0 amide bonds. The normalized spacial score (nSPS) is 24.3. The molecule has 53 heavy (non-hydrogen) atoms. The first-order valence-corrected chi connectivity index (χ1v) is 19.2. The Kier molecular flexibility index (Phi) is 9.93. The molecule has 0 spiro atoms. The van der Waals surface area contributed by atoms with Crippen molar-refractivity contribution in [3.63, 3.8) is 0 Å². The lowest BCUT2D eigenvalue weighted by atomic mass is 9.70. The number of allylic oxidation sites excluding steroid dienone is 14. The quantitative estimate of drug-likeness (QED) is 0.172. The van der Waals surface area contributed by atoms with Crippen molar-refractivity contribution >= 4 is 33.9 Å². The SMILES string of the molecule is CC1C=CC(c2cccc(C3C=CC=CC3)c2)=CC1c1c(Nc2ccc(C=NC3=CC=CCC3(C)C(N)C3=CC=CCC3)cc2)ccc2ccccc12. The number of nitrogens with one attached hydrogen (secondary N) is 1. The molecule has 0 saturated heterocycles. The number of rotatable bonds is 9. The lowest BCUT2D eigenvalue weighted by Crippen LogP contribution is -2.42. The molecule has 0 saturated carbocycles. The third kappa shape index (κ3) is 7.27. The zero-order valence-electron chi connectivity index (χ0n) is 30.8. The Morgan fingerprint density at radius 1 is 0.868 bits per heavy atom. The monoisotopic (exact) mass is 691 g/mol. The molecule has 0 fully saturated rings. The number of anilines is 2. The first-order valence-electron chi connectivity index (χ1n) is 19.2.